The van der Waals surface area contributed by atoms with E-state index in [2.05, 4.69) is 4.98 Å². The number of aromatic nitrogens is 1. The van der Waals surface area contributed by atoms with Gasteiger partial charge in [-0.3, -0.25) is 9.59 Å². The van der Waals surface area contributed by atoms with E-state index in [0.29, 0.717) is 16.8 Å². The number of amides is 1. The van der Waals surface area contributed by atoms with Gasteiger partial charge in [0.25, 0.3) is 5.91 Å². The minimum atomic E-state index is -3.61. The molecule has 0 atom stereocenters. The molecule has 1 amide bonds. The maximum atomic E-state index is 12.7. The van der Waals surface area contributed by atoms with E-state index in [-0.39, 0.29) is 42.6 Å². The van der Waals surface area contributed by atoms with Gasteiger partial charge in [0.15, 0.2) is 12.4 Å². The fraction of sp³-hybridized carbons (Fsp3) is 0.381. The summed E-state index contributed by atoms with van der Waals surface area (Å²) in [6.07, 6.45) is 0. The van der Waals surface area contributed by atoms with E-state index in [0.717, 1.165) is 0 Å². The third kappa shape index (κ3) is 4.70. The number of aryl methyl sites for hydroxylation is 1. The predicted molar refractivity (Wildman–Crippen MR) is 112 cm³/mol. The molecular formula is C21H25N3O6S. The largest absolute Gasteiger partial charge is 0.451 e. The number of rotatable bonds is 6. The topological polar surface area (TPSA) is 117 Å². The second kappa shape index (κ2) is 9.03. The third-order valence-electron chi connectivity index (χ3n) is 5.29. The number of sulfonamides is 1. The highest BCUT2D eigenvalue weighted by Crippen LogP contribution is 2.20. The van der Waals surface area contributed by atoms with E-state index < -0.39 is 28.5 Å². The lowest BCUT2D eigenvalue weighted by Gasteiger charge is -2.33. The minimum absolute atomic E-state index is 0.147. The minimum Gasteiger partial charge on any atom is -0.451 e. The first-order chi connectivity index (χ1) is 14.6. The molecule has 9 nitrogen and oxygen atoms in total. The van der Waals surface area contributed by atoms with Crippen LogP contribution in [-0.4, -0.2) is 73.1 Å². The molecule has 3 rings (SSSR count). The summed E-state index contributed by atoms with van der Waals surface area (Å²) < 4.78 is 31.8. The normalized spacial score (nSPS) is 15.0. The van der Waals surface area contributed by atoms with Gasteiger partial charge in [-0.1, -0.05) is 18.2 Å². The van der Waals surface area contributed by atoms with Crippen molar-refractivity contribution in [1.29, 1.82) is 0 Å². The third-order valence-corrected chi connectivity index (χ3v) is 7.21. The second-order valence-electron chi connectivity index (χ2n) is 7.36. The number of piperazine rings is 1. The van der Waals surface area contributed by atoms with Crippen molar-refractivity contribution >= 4 is 27.7 Å². The quantitative estimate of drug-likeness (QED) is 0.530. The molecule has 166 valence electrons. The Hall–Kier alpha value is -2.98. The number of esters is 1. The molecule has 0 bridgehead atoms. The molecule has 0 spiro atoms. The molecule has 1 aromatic carbocycles. The molecule has 2 aromatic rings. The molecule has 0 unspecified atom stereocenters. The lowest BCUT2D eigenvalue weighted by Crippen LogP contribution is -2.51. The van der Waals surface area contributed by atoms with Gasteiger partial charge in [0.2, 0.25) is 10.0 Å². The van der Waals surface area contributed by atoms with Crippen LogP contribution in [0.3, 0.4) is 0 Å². The number of carbonyl (C=O) groups excluding carboxylic acids is 3. The SMILES string of the molecule is CC(=O)c1c(C)[nH]c(C(=O)OCC(=O)N2CCN(S(=O)(=O)c3ccccc3)CC2)c1C. The van der Waals surface area contributed by atoms with E-state index in [9.17, 15) is 22.8 Å². The molecule has 2 heterocycles. The molecule has 1 aliphatic heterocycles. The van der Waals surface area contributed by atoms with Crippen molar-refractivity contribution in [1.82, 2.24) is 14.2 Å². The summed E-state index contributed by atoms with van der Waals surface area (Å²) in [5, 5.41) is 0. The van der Waals surface area contributed by atoms with E-state index in [1.807, 2.05) is 0 Å². The van der Waals surface area contributed by atoms with Crippen LogP contribution in [0.5, 0.6) is 0 Å². The van der Waals surface area contributed by atoms with Gasteiger partial charge in [0.1, 0.15) is 5.69 Å². The predicted octanol–water partition coefficient (Wildman–Crippen LogP) is 1.52. The standard InChI is InChI=1S/C21H25N3O6S/c1-14-19(16(3)25)15(2)22-20(14)21(27)30-13-18(26)23-9-11-24(12-10-23)31(28,29)17-7-5-4-6-8-17/h4-8,22H,9-13H2,1-3H3. The molecule has 1 N–H and O–H groups in total. The highest BCUT2D eigenvalue weighted by molar-refractivity contribution is 7.89. The van der Waals surface area contributed by atoms with Crippen LogP contribution in [0.4, 0.5) is 0 Å². The number of H-pyrrole nitrogens is 1. The van der Waals surface area contributed by atoms with Gasteiger partial charge in [-0.25, -0.2) is 13.2 Å². The highest BCUT2D eigenvalue weighted by atomic mass is 32.2. The fourth-order valence-electron chi connectivity index (χ4n) is 3.69. The van der Waals surface area contributed by atoms with Crippen molar-refractivity contribution < 1.29 is 27.5 Å². The molecule has 1 aromatic heterocycles. The van der Waals surface area contributed by atoms with E-state index in [1.165, 1.54) is 28.3 Å². The van der Waals surface area contributed by atoms with Gasteiger partial charge in [-0.05, 0) is 38.5 Å². The van der Waals surface area contributed by atoms with Crippen molar-refractivity contribution in [2.75, 3.05) is 32.8 Å². The average Bonchev–Trinajstić information content (AvgIpc) is 3.06. The molecule has 1 fully saturated rings. The van der Waals surface area contributed by atoms with Crippen LogP contribution in [0, 0.1) is 13.8 Å². The Morgan fingerprint density at radius 1 is 1.03 bits per heavy atom. The van der Waals surface area contributed by atoms with Crippen molar-refractivity contribution in [2.45, 2.75) is 25.7 Å². The zero-order chi connectivity index (χ0) is 22.8. The first-order valence-corrected chi connectivity index (χ1v) is 11.3. The first-order valence-electron chi connectivity index (χ1n) is 9.83. The van der Waals surface area contributed by atoms with Gasteiger partial charge in [-0.15, -0.1) is 0 Å². The highest BCUT2D eigenvalue weighted by Gasteiger charge is 2.30. The summed E-state index contributed by atoms with van der Waals surface area (Å²) in [6, 6.07) is 8.14. The Balaban J connectivity index is 1.56. The number of Topliss-reactive ketones (excluding diaryl/α,β-unsaturated/α-hetero) is 1. The molecule has 1 saturated heterocycles. The van der Waals surface area contributed by atoms with E-state index in [4.69, 9.17) is 4.74 Å². The number of carbonyl (C=O) groups is 3. The molecule has 10 heteroatoms. The molecular weight excluding hydrogens is 422 g/mol. The summed E-state index contributed by atoms with van der Waals surface area (Å²) in [5.41, 5.74) is 1.64. The number of hydrogen-bond acceptors (Lipinski definition) is 6. The van der Waals surface area contributed by atoms with Gasteiger partial charge in [-0.2, -0.15) is 4.31 Å². The van der Waals surface area contributed by atoms with Crippen LogP contribution in [0.15, 0.2) is 35.2 Å². The van der Waals surface area contributed by atoms with Gasteiger partial charge in [0.05, 0.1) is 4.90 Å². The number of aromatic amines is 1. The van der Waals surface area contributed by atoms with Crippen LogP contribution in [-0.2, 0) is 19.6 Å². The maximum Gasteiger partial charge on any atom is 0.355 e. The van der Waals surface area contributed by atoms with Crippen molar-refractivity contribution in [3.8, 4) is 0 Å². The molecule has 0 saturated carbocycles. The molecule has 1 aliphatic rings. The molecule has 0 radical (unpaired) electrons. The summed E-state index contributed by atoms with van der Waals surface area (Å²) in [7, 11) is -3.61. The Labute approximate surface area is 181 Å². The number of ether oxygens (including phenoxy) is 1. The monoisotopic (exact) mass is 447 g/mol. The summed E-state index contributed by atoms with van der Waals surface area (Å²) in [4.78, 5) is 41.0. The van der Waals surface area contributed by atoms with Crippen LogP contribution >= 0.6 is 0 Å². The van der Waals surface area contributed by atoms with Crippen LogP contribution in [0.1, 0.15) is 39.0 Å². The maximum absolute atomic E-state index is 12.7. The van der Waals surface area contributed by atoms with Crippen molar-refractivity contribution in [3.63, 3.8) is 0 Å². The van der Waals surface area contributed by atoms with Gasteiger partial charge >= 0.3 is 5.97 Å². The van der Waals surface area contributed by atoms with Crippen molar-refractivity contribution in [3.05, 3.63) is 52.8 Å². The van der Waals surface area contributed by atoms with Crippen molar-refractivity contribution in [2.24, 2.45) is 0 Å². The van der Waals surface area contributed by atoms with Crippen LogP contribution in [0.25, 0.3) is 0 Å². The second-order valence-corrected chi connectivity index (χ2v) is 9.29. The van der Waals surface area contributed by atoms with Gasteiger partial charge < -0.3 is 14.6 Å². The number of nitrogens with zero attached hydrogens (tertiary/aromatic N) is 2. The summed E-state index contributed by atoms with van der Waals surface area (Å²) in [5.74, 6) is -1.28. The smallest absolute Gasteiger partial charge is 0.355 e. The number of benzene rings is 1. The Morgan fingerprint density at radius 3 is 2.19 bits per heavy atom. The lowest BCUT2D eigenvalue weighted by atomic mass is 10.1. The number of ketones is 1. The Bertz CT molecular complexity index is 1100. The fourth-order valence-corrected chi connectivity index (χ4v) is 5.14. The lowest BCUT2D eigenvalue weighted by molar-refractivity contribution is -0.135. The zero-order valence-corrected chi connectivity index (χ0v) is 18.5. The number of hydrogen-bond donors (Lipinski definition) is 1. The van der Waals surface area contributed by atoms with E-state index in [1.54, 1.807) is 32.0 Å². The van der Waals surface area contributed by atoms with Gasteiger partial charge in [0, 0.05) is 37.4 Å². The molecule has 31 heavy (non-hydrogen) atoms. The average molecular weight is 448 g/mol. The Morgan fingerprint density at radius 2 is 1.65 bits per heavy atom. The molecule has 0 aliphatic carbocycles. The number of nitrogens with one attached hydrogen (secondary N) is 1. The van der Waals surface area contributed by atoms with E-state index >= 15 is 0 Å². The zero-order valence-electron chi connectivity index (χ0n) is 17.7. The van der Waals surface area contributed by atoms with Crippen LogP contribution in [0.2, 0.25) is 0 Å². The van der Waals surface area contributed by atoms with Crippen LogP contribution < -0.4 is 0 Å². The summed E-state index contributed by atoms with van der Waals surface area (Å²) >= 11 is 0. The Kier molecular flexibility index (Phi) is 6.61. The summed E-state index contributed by atoms with van der Waals surface area (Å²) in [6.45, 7) is 5.02. The first kappa shape index (κ1) is 22.7.